The number of hydrogen-bond acceptors (Lipinski definition) is 5. The summed E-state index contributed by atoms with van der Waals surface area (Å²) < 4.78 is 0. The van der Waals surface area contributed by atoms with Crippen molar-refractivity contribution in [1.82, 2.24) is 0 Å². The molecule has 1 atom stereocenters. The fourth-order valence-electron chi connectivity index (χ4n) is 3.09. The smallest absolute Gasteiger partial charge is 0.178 e. The Morgan fingerprint density at radius 2 is 2.00 bits per heavy atom. The van der Waals surface area contributed by atoms with Gasteiger partial charge in [0.15, 0.2) is 5.78 Å². The number of thiophene rings is 1. The van der Waals surface area contributed by atoms with Gasteiger partial charge in [0.1, 0.15) is 0 Å². The van der Waals surface area contributed by atoms with Crippen molar-refractivity contribution in [3.05, 3.63) is 10.4 Å². The molecule has 3 fully saturated rings. The van der Waals surface area contributed by atoms with Crippen LogP contribution in [-0.4, -0.2) is 30.1 Å². The predicted molar refractivity (Wildman–Crippen MR) is 80.6 cm³/mol. The Balaban J connectivity index is 1.72. The zero-order valence-corrected chi connectivity index (χ0v) is 12.3. The number of nitrogens with two attached hydrogens (primary N) is 1. The van der Waals surface area contributed by atoms with Crippen LogP contribution in [-0.2, 0) is 0 Å². The number of aliphatic hydroxyl groups is 1. The third-order valence-corrected chi connectivity index (χ3v) is 5.87. The highest BCUT2D eigenvalue weighted by Gasteiger charge is 2.39. The van der Waals surface area contributed by atoms with Gasteiger partial charge in [-0.25, -0.2) is 0 Å². The maximum Gasteiger partial charge on any atom is 0.178 e. The summed E-state index contributed by atoms with van der Waals surface area (Å²) in [6, 6.07) is 0. The van der Waals surface area contributed by atoms with Gasteiger partial charge in [-0.2, -0.15) is 0 Å². The van der Waals surface area contributed by atoms with Gasteiger partial charge in [-0.15, -0.1) is 11.3 Å². The highest BCUT2D eigenvalue weighted by atomic mass is 32.1. The molecule has 0 radical (unpaired) electrons. The Kier molecular flexibility index (Phi) is 2.82. The molecular formula is C15H20N2O2S. The molecule has 1 saturated heterocycles. The van der Waals surface area contributed by atoms with Crippen LogP contribution in [0.5, 0.6) is 0 Å². The summed E-state index contributed by atoms with van der Waals surface area (Å²) in [7, 11) is 0. The number of hydrogen-bond donors (Lipinski definition) is 2. The molecule has 108 valence electrons. The first kappa shape index (κ1) is 12.7. The van der Waals surface area contributed by atoms with Crippen LogP contribution >= 0.6 is 11.3 Å². The van der Waals surface area contributed by atoms with Crippen LogP contribution < -0.4 is 10.6 Å². The molecule has 1 unspecified atom stereocenters. The quantitative estimate of drug-likeness (QED) is 0.836. The van der Waals surface area contributed by atoms with Crippen LogP contribution in [0.4, 0.5) is 10.7 Å². The van der Waals surface area contributed by atoms with Gasteiger partial charge < -0.3 is 15.7 Å². The third-order valence-electron chi connectivity index (χ3n) is 4.57. The van der Waals surface area contributed by atoms with E-state index in [1.165, 1.54) is 18.4 Å². The van der Waals surface area contributed by atoms with E-state index in [1.54, 1.807) is 11.3 Å². The lowest BCUT2D eigenvalue weighted by atomic mass is 10.1. The van der Waals surface area contributed by atoms with Crippen molar-refractivity contribution in [2.45, 2.75) is 44.1 Å². The van der Waals surface area contributed by atoms with Gasteiger partial charge in [0.25, 0.3) is 0 Å². The Bertz CT molecular complexity index is 560. The van der Waals surface area contributed by atoms with E-state index >= 15 is 0 Å². The van der Waals surface area contributed by atoms with E-state index in [4.69, 9.17) is 5.73 Å². The molecule has 0 amide bonds. The summed E-state index contributed by atoms with van der Waals surface area (Å²) in [6.45, 7) is 1.55. The highest BCUT2D eigenvalue weighted by molar-refractivity contribution is 7.19. The third kappa shape index (κ3) is 2.04. The number of aliphatic hydroxyl groups excluding tert-OH is 1. The van der Waals surface area contributed by atoms with Gasteiger partial charge >= 0.3 is 0 Å². The van der Waals surface area contributed by atoms with Gasteiger partial charge in [0.2, 0.25) is 0 Å². The maximum absolute atomic E-state index is 12.4. The van der Waals surface area contributed by atoms with Crippen molar-refractivity contribution in [1.29, 1.82) is 0 Å². The van der Waals surface area contributed by atoms with E-state index in [-0.39, 0.29) is 17.8 Å². The lowest BCUT2D eigenvalue weighted by Crippen LogP contribution is -2.21. The van der Waals surface area contributed by atoms with Gasteiger partial charge in [-0.1, -0.05) is 0 Å². The fourth-order valence-corrected chi connectivity index (χ4v) is 4.45. The zero-order valence-electron chi connectivity index (χ0n) is 11.5. The molecule has 2 saturated carbocycles. The van der Waals surface area contributed by atoms with Crippen molar-refractivity contribution in [3.63, 3.8) is 0 Å². The van der Waals surface area contributed by atoms with E-state index in [0.29, 0.717) is 12.5 Å². The van der Waals surface area contributed by atoms with E-state index < -0.39 is 0 Å². The standard InChI is InChI=1S/C15H20N2O2S/c16-12-11(8-1-2-8)15(17-6-5-10(18)7-17)20-14(12)13(19)9-3-4-9/h8-10,18H,1-7,16H2. The van der Waals surface area contributed by atoms with Crippen molar-refractivity contribution in [2.75, 3.05) is 23.7 Å². The molecule has 0 spiro atoms. The van der Waals surface area contributed by atoms with Crippen LogP contribution in [0.1, 0.15) is 53.3 Å². The molecule has 1 aromatic heterocycles. The monoisotopic (exact) mass is 292 g/mol. The van der Waals surface area contributed by atoms with E-state index in [9.17, 15) is 9.90 Å². The van der Waals surface area contributed by atoms with Gasteiger partial charge in [0.05, 0.1) is 21.7 Å². The Hall–Kier alpha value is -1.07. The first-order valence-corrected chi connectivity index (χ1v) is 8.36. The molecule has 2 aliphatic carbocycles. The van der Waals surface area contributed by atoms with Crippen LogP contribution in [0, 0.1) is 5.92 Å². The minimum atomic E-state index is -0.243. The molecular weight excluding hydrogens is 272 g/mol. The number of ketones is 1. The second-order valence-corrected chi connectivity index (χ2v) is 7.36. The van der Waals surface area contributed by atoms with E-state index in [2.05, 4.69) is 4.90 Å². The molecule has 0 aromatic carbocycles. The summed E-state index contributed by atoms with van der Waals surface area (Å²) in [5.41, 5.74) is 8.26. The average molecular weight is 292 g/mol. The lowest BCUT2D eigenvalue weighted by Gasteiger charge is -2.17. The number of nitrogen functional groups attached to an aromatic ring is 1. The number of carbonyl (C=O) groups is 1. The van der Waals surface area contributed by atoms with Crippen molar-refractivity contribution in [3.8, 4) is 0 Å². The highest BCUT2D eigenvalue weighted by Crippen LogP contribution is 2.53. The summed E-state index contributed by atoms with van der Waals surface area (Å²) in [6.07, 6.45) is 4.98. The number of Topliss-reactive ketones (excluding diaryl/α,β-unsaturated/α-hetero) is 1. The number of nitrogens with zero attached hydrogens (tertiary/aromatic N) is 1. The largest absolute Gasteiger partial charge is 0.397 e. The molecule has 2 heterocycles. The summed E-state index contributed by atoms with van der Waals surface area (Å²) in [5.74, 6) is 1.01. The second kappa shape index (κ2) is 4.46. The summed E-state index contributed by atoms with van der Waals surface area (Å²) >= 11 is 1.57. The lowest BCUT2D eigenvalue weighted by molar-refractivity contribution is 0.0972. The predicted octanol–water partition coefficient (Wildman–Crippen LogP) is 2.37. The summed E-state index contributed by atoms with van der Waals surface area (Å²) in [4.78, 5) is 15.4. The first-order valence-electron chi connectivity index (χ1n) is 7.54. The van der Waals surface area contributed by atoms with Gasteiger partial charge in [-0.05, 0) is 38.0 Å². The molecule has 4 rings (SSSR count). The molecule has 1 aromatic rings. The molecule has 0 bridgehead atoms. The average Bonchev–Trinajstić information content (AvgIpc) is 3.33. The van der Waals surface area contributed by atoms with E-state index in [1.807, 2.05) is 0 Å². The van der Waals surface area contributed by atoms with Crippen molar-refractivity contribution >= 4 is 27.8 Å². The minimum absolute atomic E-state index is 0.222. The Morgan fingerprint density at radius 1 is 1.25 bits per heavy atom. The van der Waals surface area contributed by atoms with Gasteiger partial charge in [0, 0.05) is 24.6 Å². The fraction of sp³-hybridized carbons (Fsp3) is 0.667. The minimum Gasteiger partial charge on any atom is -0.397 e. The number of rotatable bonds is 4. The van der Waals surface area contributed by atoms with Crippen LogP contribution in [0.25, 0.3) is 0 Å². The van der Waals surface area contributed by atoms with Crippen molar-refractivity contribution in [2.24, 2.45) is 5.92 Å². The first-order chi connectivity index (χ1) is 9.65. The second-order valence-electron chi connectivity index (χ2n) is 6.37. The SMILES string of the molecule is Nc1c(C(=O)C2CC2)sc(N2CCC(O)C2)c1C1CC1. The maximum atomic E-state index is 12.4. The van der Waals surface area contributed by atoms with Gasteiger partial charge in [-0.3, -0.25) is 4.79 Å². The molecule has 3 N–H and O–H groups in total. The Morgan fingerprint density at radius 3 is 2.55 bits per heavy atom. The molecule has 5 heteroatoms. The van der Waals surface area contributed by atoms with E-state index in [0.717, 1.165) is 41.4 Å². The normalized spacial score (nSPS) is 26.2. The summed E-state index contributed by atoms with van der Waals surface area (Å²) in [5, 5.41) is 10.9. The van der Waals surface area contributed by atoms with Crippen LogP contribution in [0.3, 0.4) is 0 Å². The number of anilines is 2. The number of β-amino-alcohol motifs (C(OH)–C–C–N with tert-alkyl or cyclic N) is 1. The number of carbonyl (C=O) groups excluding carboxylic acids is 1. The van der Waals surface area contributed by atoms with Crippen LogP contribution in [0.15, 0.2) is 0 Å². The molecule has 4 nitrogen and oxygen atoms in total. The molecule has 3 aliphatic rings. The topological polar surface area (TPSA) is 66.6 Å². The van der Waals surface area contributed by atoms with Crippen LogP contribution in [0.2, 0.25) is 0 Å². The zero-order chi connectivity index (χ0) is 13.9. The van der Waals surface area contributed by atoms with Crippen molar-refractivity contribution < 1.29 is 9.90 Å². The molecule has 1 aliphatic heterocycles. The molecule has 20 heavy (non-hydrogen) atoms. The Labute approximate surface area is 122 Å².